The van der Waals surface area contributed by atoms with E-state index in [0.29, 0.717) is 6.42 Å². The second-order valence-corrected chi connectivity index (χ2v) is 9.75. The van der Waals surface area contributed by atoms with Crippen LogP contribution in [0, 0.1) is 28.0 Å². The fourth-order valence-electron chi connectivity index (χ4n) is 4.32. The molecule has 3 unspecified atom stereocenters. The van der Waals surface area contributed by atoms with Crippen LogP contribution in [0.4, 0.5) is 10.1 Å². The number of benzene rings is 1. The molecule has 5 nitrogen and oxygen atoms in total. The molecule has 0 spiro atoms. The van der Waals surface area contributed by atoms with Crippen LogP contribution in [-0.4, -0.2) is 29.4 Å². The van der Waals surface area contributed by atoms with Crippen molar-refractivity contribution < 1.29 is 14.3 Å². The Kier molecular flexibility index (Phi) is 6.70. The highest BCUT2D eigenvalue weighted by Gasteiger charge is 2.47. The van der Waals surface area contributed by atoms with E-state index in [-0.39, 0.29) is 23.7 Å². The number of hydrogen-bond acceptors (Lipinski definition) is 4. The molecule has 1 aromatic rings. The number of hydrogen-bond donors (Lipinski definition) is 4. The van der Waals surface area contributed by atoms with Crippen molar-refractivity contribution >= 4 is 17.8 Å². The first-order valence-electron chi connectivity index (χ1n) is 11.0. The first-order valence-corrected chi connectivity index (χ1v) is 11.0. The molecule has 0 saturated heterocycles. The molecule has 3 atom stereocenters. The van der Waals surface area contributed by atoms with Crippen molar-refractivity contribution in [1.82, 2.24) is 5.32 Å². The molecular formula is C25H34FN3O2. The molecule has 0 heterocycles. The topological polar surface area (TPSA) is 85.2 Å². The lowest BCUT2D eigenvalue weighted by Crippen LogP contribution is -2.52. The fourth-order valence-corrected chi connectivity index (χ4v) is 4.32. The van der Waals surface area contributed by atoms with Gasteiger partial charge in [0.1, 0.15) is 5.82 Å². The zero-order valence-electron chi connectivity index (χ0n) is 18.8. The number of nitrogens with one attached hydrogen (secondary N) is 3. The minimum Gasteiger partial charge on any atom is -0.391 e. The van der Waals surface area contributed by atoms with Crippen LogP contribution in [0.15, 0.2) is 47.7 Å². The zero-order valence-corrected chi connectivity index (χ0v) is 18.8. The van der Waals surface area contributed by atoms with E-state index in [9.17, 15) is 14.3 Å². The van der Waals surface area contributed by atoms with E-state index in [4.69, 9.17) is 5.41 Å². The summed E-state index contributed by atoms with van der Waals surface area (Å²) in [5.41, 5.74) is 1.57. The average molecular weight is 428 g/mol. The first kappa shape index (κ1) is 23.2. The monoisotopic (exact) mass is 427 g/mol. The molecule has 4 N–H and O–H groups in total. The standard InChI is InChI=1S/C25H34FN3O2/c1-24(2,25(3,4)23(31)29-21-6-5-7-22(21)30)17-8-13-20(16(14-17)15-27)28-19-11-9-18(26)10-12-19/h8-13,15-16,21-22,27-28,30H,5-7,14H2,1-4H3,(H,29,31). The summed E-state index contributed by atoms with van der Waals surface area (Å²) < 4.78 is 13.2. The minimum atomic E-state index is -0.705. The van der Waals surface area contributed by atoms with Crippen LogP contribution in [0.25, 0.3) is 0 Å². The molecule has 0 bridgehead atoms. The lowest BCUT2D eigenvalue weighted by molar-refractivity contribution is -0.135. The van der Waals surface area contributed by atoms with Crippen LogP contribution < -0.4 is 10.6 Å². The van der Waals surface area contributed by atoms with Crippen LogP contribution in [-0.2, 0) is 4.79 Å². The van der Waals surface area contributed by atoms with Gasteiger partial charge >= 0.3 is 0 Å². The maximum atomic E-state index is 13.2. The van der Waals surface area contributed by atoms with E-state index >= 15 is 0 Å². The quantitative estimate of drug-likeness (QED) is 0.472. The Balaban J connectivity index is 1.79. The molecule has 1 saturated carbocycles. The second kappa shape index (κ2) is 8.95. The Labute approximate surface area is 184 Å². The second-order valence-electron chi connectivity index (χ2n) is 9.75. The van der Waals surface area contributed by atoms with Crippen molar-refractivity contribution in [1.29, 1.82) is 5.41 Å². The van der Waals surface area contributed by atoms with E-state index in [1.807, 2.05) is 26.0 Å². The Morgan fingerprint density at radius 1 is 1.16 bits per heavy atom. The number of allylic oxidation sites excluding steroid dienone is 4. The van der Waals surface area contributed by atoms with E-state index in [2.05, 4.69) is 24.5 Å². The molecule has 3 rings (SSSR count). The first-order chi connectivity index (χ1) is 14.6. The summed E-state index contributed by atoms with van der Waals surface area (Å²) in [6.07, 6.45) is 8.02. The average Bonchev–Trinajstić information content (AvgIpc) is 3.14. The summed E-state index contributed by atoms with van der Waals surface area (Å²) in [5.74, 6) is -0.504. The predicted molar refractivity (Wildman–Crippen MR) is 122 cm³/mol. The summed E-state index contributed by atoms with van der Waals surface area (Å²) in [6.45, 7) is 8.02. The van der Waals surface area contributed by atoms with Crippen LogP contribution in [0.1, 0.15) is 53.4 Å². The molecule has 0 radical (unpaired) electrons. The van der Waals surface area contributed by atoms with Crippen molar-refractivity contribution in [2.24, 2.45) is 16.7 Å². The smallest absolute Gasteiger partial charge is 0.226 e. The summed E-state index contributed by atoms with van der Waals surface area (Å²) in [7, 11) is 0. The Hall–Kier alpha value is -2.47. The van der Waals surface area contributed by atoms with Crippen molar-refractivity contribution in [3.8, 4) is 0 Å². The van der Waals surface area contributed by atoms with Gasteiger partial charge in [0.05, 0.1) is 17.6 Å². The fraction of sp³-hybridized carbons (Fsp3) is 0.520. The predicted octanol–water partition coefficient (Wildman–Crippen LogP) is 4.80. The van der Waals surface area contributed by atoms with Gasteiger partial charge in [-0.25, -0.2) is 4.39 Å². The van der Waals surface area contributed by atoms with Gasteiger partial charge < -0.3 is 21.1 Å². The van der Waals surface area contributed by atoms with Crippen LogP contribution in [0.3, 0.4) is 0 Å². The summed E-state index contributed by atoms with van der Waals surface area (Å²) in [5, 5.41) is 24.4. The molecule has 6 heteroatoms. The third-order valence-corrected chi connectivity index (χ3v) is 7.37. The normalized spacial score (nSPS) is 24.3. The molecule has 31 heavy (non-hydrogen) atoms. The highest BCUT2D eigenvalue weighted by Crippen LogP contribution is 2.48. The van der Waals surface area contributed by atoms with Gasteiger partial charge in [-0.15, -0.1) is 0 Å². The maximum Gasteiger partial charge on any atom is 0.226 e. The van der Waals surface area contributed by atoms with Crippen molar-refractivity contribution in [2.75, 3.05) is 5.32 Å². The SMILES string of the molecule is CC(C)(C(=O)NC1CCCC1O)C(C)(C)C1=CC=C(Nc2ccc(F)cc2)C(C=N)C1. The number of amides is 1. The number of aliphatic hydroxyl groups excluding tert-OH is 1. The molecule has 0 aromatic heterocycles. The number of carbonyl (C=O) groups is 1. The lowest BCUT2D eigenvalue weighted by atomic mass is 9.61. The highest BCUT2D eigenvalue weighted by molar-refractivity contribution is 5.84. The third-order valence-electron chi connectivity index (χ3n) is 7.37. The van der Waals surface area contributed by atoms with Gasteiger partial charge in [-0.3, -0.25) is 4.79 Å². The lowest BCUT2D eigenvalue weighted by Gasteiger charge is -2.44. The summed E-state index contributed by atoms with van der Waals surface area (Å²) >= 11 is 0. The number of halogens is 1. The summed E-state index contributed by atoms with van der Waals surface area (Å²) in [6, 6.07) is 5.97. The number of anilines is 1. The van der Waals surface area contributed by atoms with Crippen LogP contribution in [0.5, 0.6) is 0 Å². The Morgan fingerprint density at radius 3 is 2.42 bits per heavy atom. The van der Waals surface area contributed by atoms with E-state index in [1.165, 1.54) is 18.3 Å². The van der Waals surface area contributed by atoms with Crippen LogP contribution in [0.2, 0.25) is 0 Å². The minimum absolute atomic E-state index is 0.0602. The van der Waals surface area contributed by atoms with Crippen molar-refractivity contribution in [3.63, 3.8) is 0 Å². The van der Waals surface area contributed by atoms with Gasteiger partial charge in [0, 0.05) is 23.5 Å². The van der Waals surface area contributed by atoms with E-state index < -0.39 is 16.9 Å². The molecule has 0 aliphatic heterocycles. The number of carbonyl (C=O) groups excluding carboxylic acids is 1. The summed E-state index contributed by atoms with van der Waals surface area (Å²) in [4.78, 5) is 13.2. The van der Waals surface area contributed by atoms with Gasteiger partial charge in [0.2, 0.25) is 5.91 Å². The van der Waals surface area contributed by atoms with Gasteiger partial charge in [-0.05, 0) is 61.4 Å². The van der Waals surface area contributed by atoms with Crippen molar-refractivity contribution in [2.45, 2.75) is 65.5 Å². The molecule has 168 valence electrons. The molecule has 1 fully saturated rings. The number of aliphatic hydroxyl groups is 1. The van der Waals surface area contributed by atoms with E-state index in [0.717, 1.165) is 36.2 Å². The van der Waals surface area contributed by atoms with Gasteiger partial charge in [0.15, 0.2) is 0 Å². The van der Waals surface area contributed by atoms with Gasteiger partial charge in [-0.1, -0.05) is 39.3 Å². The Bertz CT molecular complexity index is 887. The molecule has 2 aliphatic rings. The maximum absolute atomic E-state index is 13.2. The van der Waals surface area contributed by atoms with Crippen LogP contribution >= 0.6 is 0 Å². The zero-order chi connectivity index (χ0) is 22.8. The molecule has 1 amide bonds. The highest BCUT2D eigenvalue weighted by atomic mass is 19.1. The molecule has 2 aliphatic carbocycles. The van der Waals surface area contributed by atoms with Crippen molar-refractivity contribution in [3.05, 3.63) is 53.5 Å². The molecule has 1 aromatic carbocycles. The third kappa shape index (κ3) is 4.74. The Morgan fingerprint density at radius 2 is 1.84 bits per heavy atom. The number of rotatable bonds is 7. The van der Waals surface area contributed by atoms with E-state index in [1.54, 1.807) is 12.1 Å². The largest absolute Gasteiger partial charge is 0.391 e. The molecular weight excluding hydrogens is 393 g/mol. The van der Waals surface area contributed by atoms with Gasteiger partial charge in [-0.2, -0.15) is 0 Å². The van der Waals surface area contributed by atoms with Gasteiger partial charge in [0.25, 0.3) is 0 Å².